The molecule has 0 amide bonds. The third-order valence-electron chi connectivity index (χ3n) is 4.91. The number of nitrogens with one attached hydrogen (secondary N) is 2. The van der Waals surface area contributed by atoms with Crippen LogP contribution in [0.25, 0.3) is 0 Å². The van der Waals surface area contributed by atoms with Crippen molar-refractivity contribution in [2.45, 2.75) is 69.6 Å². The fourth-order valence-corrected chi connectivity index (χ4v) is 2.66. The Hall–Kier alpha value is 0.0617. The summed E-state index contributed by atoms with van der Waals surface area (Å²) in [4.78, 5) is 18.8. The molecular formula is C38H66F4I4N13O5Y3-. The number of aromatic nitrogens is 5. The van der Waals surface area contributed by atoms with E-state index >= 15 is 0 Å². The van der Waals surface area contributed by atoms with Crippen LogP contribution < -0.4 is 55.4 Å². The monoisotopic (exact) mass is 1630 g/mol. The molecule has 0 aliphatic heterocycles. The number of anilines is 2. The number of nitrogens with two attached hydrogens (primary N) is 6. The minimum atomic E-state index is -2.83. The molecule has 67 heavy (non-hydrogen) atoms. The van der Waals surface area contributed by atoms with Gasteiger partial charge in [-0.1, -0.05) is 120 Å². The molecule has 0 aliphatic rings. The molecule has 0 unspecified atom stereocenters. The summed E-state index contributed by atoms with van der Waals surface area (Å²) in [7, 11) is 0. The van der Waals surface area contributed by atoms with Gasteiger partial charge in [0.25, 0.3) is 0 Å². The van der Waals surface area contributed by atoms with E-state index in [9.17, 15) is 17.6 Å². The first-order valence-corrected chi connectivity index (χ1v) is 20.9. The number of hydrazine groups is 4. The van der Waals surface area contributed by atoms with E-state index in [2.05, 4.69) is 173 Å². The summed E-state index contributed by atoms with van der Waals surface area (Å²) >= 11 is 9.34. The molecule has 0 saturated heterocycles. The molecule has 0 saturated carbocycles. The predicted octanol–water partition coefficient (Wildman–Crippen LogP) is 9.62. The molecule has 5 aromatic heterocycles. The van der Waals surface area contributed by atoms with Crippen LogP contribution in [-0.4, -0.2) is 57.3 Å². The Morgan fingerprint density at radius 3 is 0.955 bits per heavy atom. The number of nitrogens with zero attached hydrogens (tertiary/aromatic N) is 5. The van der Waals surface area contributed by atoms with E-state index < -0.39 is 13.2 Å². The zero-order valence-electron chi connectivity index (χ0n) is 35.6. The van der Waals surface area contributed by atoms with E-state index in [0.29, 0.717) is 11.1 Å². The molecule has 0 spiro atoms. The molecule has 5 rings (SSSR count). The van der Waals surface area contributed by atoms with Crippen LogP contribution >= 0.6 is 90.4 Å². The van der Waals surface area contributed by atoms with Gasteiger partial charge in [0.15, 0.2) is 0 Å². The van der Waals surface area contributed by atoms with Crippen LogP contribution in [0, 0.1) is 28.2 Å². The molecule has 0 fully saturated rings. The third kappa shape index (κ3) is 70.4. The van der Waals surface area contributed by atoms with Gasteiger partial charge in [-0.15, -0.1) is 0 Å². The van der Waals surface area contributed by atoms with Gasteiger partial charge in [0.1, 0.15) is 39.8 Å². The zero-order chi connectivity index (χ0) is 47.1. The molecular weight excluding hydrogens is 1570 g/mol. The van der Waals surface area contributed by atoms with Crippen LogP contribution in [0.2, 0.25) is 0 Å². The molecule has 0 atom stereocenters. The molecule has 18 nitrogen and oxygen atoms in total. The minimum absolute atomic E-state index is 0. The molecule has 29 heteroatoms. The van der Waals surface area contributed by atoms with Crippen molar-refractivity contribution < 1.29 is 140 Å². The maximum atomic E-state index is 11.6. The average molecular weight is 1640 g/mol. The second-order valence-corrected chi connectivity index (χ2v) is 24.0. The summed E-state index contributed by atoms with van der Waals surface area (Å²) in [6.45, 7) is 4.17. The van der Waals surface area contributed by atoms with Crippen LogP contribution in [0.4, 0.5) is 29.2 Å². The number of aromatic hydroxyl groups is 3. The van der Waals surface area contributed by atoms with Crippen molar-refractivity contribution in [1.82, 2.24) is 24.9 Å². The van der Waals surface area contributed by atoms with E-state index in [1.54, 1.807) is 43.3 Å². The van der Waals surface area contributed by atoms with Crippen molar-refractivity contribution in [2.75, 3.05) is 15.3 Å². The third-order valence-corrected chi connectivity index (χ3v) is 4.91. The van der Waals surface area contributed by atoms with Gasteiger partial charge in [0.05, 0.1) is 31.0 Å². The molecule has 3 radical (unpaired) electrons. The summed E-state index contributed by atoms with van der Waals surface area (Å²) in [6, 6.07) is 15.7. The topological polar surface area (TPSA) is 324 Å². The summed E-state index contributed by atoms with van der Waals surface area (Å²) in [6.07, 6.45) is 6.59. The standard InChI is InChI=1S/C7H7F2NO.C6H7F2N3O.2C6H7NO.C5H7N3O.C2H3I3.C2H5I.3CH4.CH3.2H4N2.3Y/c1-5-2-3-6(4-10-5)11-7(8)9;7-6(8)12-4-1-2-5(11-9)10-3-4;2*1-5-2-3-6(8)4-7-5;6-8-5-2-1-4(9)3-7-5;1-2(3,4)5;1-2-3;;;;;2*1-2;;;/h2-4,7H,1H3;1-3,6H,9H2,(H,10,11);2*2-4,8H,1H3;1-3,9H,6H2,(H,7,8);1H3;2H2,1H3;3*1H4;1H3;2*1-2H2;;;/q;;;;;;;;;;-1;;;;;. The first kappa shape index (κ1) is 93.1. The van der Waals surface area contributed by atoms with Crippen LogP contribution in [0.5, 0.6) is 28.7 Å². The van der Waals surface area contributed by atoms with Gasteiger partial charge in [-0.05, 0) is 92.8 Å². The Balaban J connectivity index is -0.0000000602. The summed E-state index contributed by atoms with van der Waals surface area (Å²) in [5.41, 5.74) is 7.19. The van der Waals surface area contributed by atoms with E-state index in [-0.39, 0.29) is 157 Å². The maximum absolute atomic E-state index is 11.6. The molecule has 0 aromatic carbocycles. The van der Waals surface area contributed by atoms with Crippen molar-refractivity contribution in [1.29, 1.82) is 0 Å². The molecule has 5 aromatic rings. The van der Waals surface area contributed by atoms with Gasteiger partial charge in [-0.3, -0.25) is 38.3 Å². The number of halogens is 8. The molecule has 17 N–H and O–H groups in total. The van der Waals surface area contributed by atoms with Crippen molar-refractivity contribution in [3.8, 4) is 28.7 Å². The van der Waals surface area contributed by atoms with Gasteiger partial charge in [0, 0.05) is 115 Å². The quantitative estimate of drug-likeness (QED) is 0.0188. The Morgan fingerprint density at radius 2 is 0.776 bits per heavy atom. The molecule has 379 valence electrons. The minimum Gasteiger partial charge on any atom is -0.506 e. The van der Waals surface area contributed by atoms with Gasteiger partial charge in [-0.25, -0.2) is 21.7 Å². The van der Waals surface area contributed by atoms with Crippen LogP contribution in [0.1, 0.15) is 53.2 Å². The van der Waals surface area contributed by atoms with Crippen molar-refractivity contribution in [3.63, 3.8) is 0 Å². The Morgan fingerprint density at radius 1 is 0.552 bits per heavy atom. The second-order valence-electron chi connectivity index (χ2n) is 9.83. The van der Waals surface area contributed by atoms with E-state index in [4.69, 9.17) is 27.0 Å². The van der Waals surface area contributed by atoms with E-state index in [1.807, 2.05) is 13.8 Å². The van der Waals surface area contributed by atoms with Crippen LogP contribution in [0.15, 0.2) is 91.6 Å². The first-order chi connectivity index (χ1) is 28.2. The number of alkyl halides is 8. The van der Waals surface area contributed by atoms with Crippen molar-refractivity contribution in [3.05, 3.63) is 116 Å². The van der Waals surface area contributed by atoms with Crippen molar-refractivity contribution in [2.24, 2.45) is 35.1 Å². The van der Waals surface area contributed by atoms with Gasteiger partial charge >= 0.3 is 13.2 Å². The van der Waals surface area contributed by atoms with Gasteiger partial charge < -0.3 is 43.1 Å². The number of pyridine rings is 5. The maximum Gasteiger partial charge on any atom is 0.387 e. The fourth-order valence-electron chi connectivity index (χ4n) is 2.66. The van der Waals surface area contributed by atoms with Gasteiger partial charge in [-0.2, -0.15) is 17.6 Å². The summed E-state index contributed by atoms with van der Waals surface area (Å²) in [5, 5.41) is 26.1. The number of rotatable bonds is 6. The molecule has 0 aliphatic carbocycles. The fraction of sp³-hybridized carbons (Fsp3) is 0.316. The van der Waals surface area contributed by atoms with E-state index in [1.165, 1.54) is 53.5 Å². The predicted molar refractivity (Wildman–Crippen MR) is 288 cm³/mol. The van der Waals surface area contributed by atoms with Gasteiger partial charge in [0.2, 0.25) is 0 Å². The summed E-state index contributed by atoms with van der Waals surface area (Å²) in [5.74, 6) is 27.6. The SMILES string of the molecule is C.C.C.CC(I)(I)I.CCI.Cc1ccc(O)cn1.Cc1ccc(O)cn1.Cc1ccc(OC(F)F)cn1.NN.NN.NNc1ccc(O)cn1.NNc1ccc(OC(F)F)cn1.[CH3-].[Y].[Y].[Y]. The normalized spacial score (nSPS) is 8.19. The Bertz CT molecular complexity index is 1610. The largest absolute Gasteiger partial charge is 0.506 e. The smallest absolute Gasteiger partial charge is 0.387 e. The Labute approximate surface area is 524 Å². The second kappa shape index (κ2) is 62.2. The summed E-state index contributed by atoms with van der Waals surface area (Å²) < 4.78 is 56.1. The first-order valence-electron chi connectivity index (χ1n) is 16.1. The average Bonchev–Trinajstić information content (AvgIpc) is 3.20. The molecule has 5 heterocycles. The van der Waals surface area contributed by atoms with Crippen LogP contribution in [-0.2, 0) is 98.1 Å². The number of ether oxygens (including phenoxy) is 2. The van der Waals surface area contributed by atoms with Crippen molar-refractivity contribution >= 4 is 102 Å². The number of aryl methyl sites for hydroxylation is 3. The van der Waals surface area contributed by atoms with Crippen LogP contribution in [0.3, 0.4) is 0 Å². The number of nitrogen functional groups attached to an aromatic ring is 2. The Kier molecular flexibility index (Phi) is 86.4. The molecule has 0 bridgehead atoms. The zero-order valence-corrected chi connectivity index (χ0v) is 52.8. The van der Waals surface area contributed by atoms with E-state index in [0.717, 1.165) is 23.3 Å². The number of hydrogen-bond acceptors (Lipinski definition) is 18. The number of hydrogen-bond donors (Lipinski definition) is 11.